The third kappa shape index (κ3) is 5.28. The number of amides is 2. The molecule has 0 unspecified atom stereocenters. The van der Waals surface area contributed by atoms with E-state index in [4.69, 9.17) is 11.5 Å². The summed E-state index contributed by atoms with van der Waals surface area (Å²) >= 11 is 0. The third-order valence-corrected chi connectivity index (χ3v) is 5.36. The van der Waals surface area contributed by atoms with Crippen molar-refractivity contribution in [2.75, 3.05) is 0 Å². The first-order valence-electron chi connectivity index (χ1n) is 8.85. The topological polar surface area (TPSA) is 127 Å². The number of rotatable bonds is 8. The van der Waals surface area contributed by atoms with Crippen molar-refractivity contribution in [3.63, 3.8) is 0 Å². The number of primary amides is 2. The average Bonchev–Trinajstić information content (AvgIpc) is 2.58. The van der Waals surface area contributed by atoms with Gasteiger partial charge in [0.2, 0.25) is 11.8 Å². The molecule has 6 N–H and O–H groups in total. The monoisotopic (exact) mass is 348 g/mol. The third-order valence-electron chi connectivity index (χ3n) is 5.36. The first kappa shape index (κ1) is 19.4. The van der Waals surface area contributed by atoms with Gasteiger partial charge in [0, 0.05) is 5.92 Å². The first-order chi connectivity index (χ1) is 11.8. The Labute approximate surface area is 148 Å². The molecule has 1 saturated carbocycles. The minimum absolute atomic E-state index is 0.125. The number of carbonyl (C=O) groups is 2. The van der Waals surface area contributed by atoms with Crippen LogP contribution in [0.15, 0.2) is 30.3 Å². The highest BCUT2D eigenvalue weighted by Gasteiger charge is 2.44. The number of carbonyl (C=O) groups excluding carboxylic acids is 2. The molecule has 6 heteroatoms. The van der Waals surface area contributed by atoms with Gasteiger partial charge in [-0.2, -0.15) is 0 Å². The van der Waals surface area contributed by atoms with Gasteiger partial charge in [0.25, 0.3) is 0 Å². The van der Waals surface area contributed by atoms with Gasteiger partial charge in [-0.25, -0.2) is 0 Å². The van der Waals surface area contributed by atoms with E-state index in [9.17, 15) is 19.8 Å². The Kier molecular flexibility index (Phi) is 6.56. The van der Waals surface area contributed by atoms with Crippen LogP contribution in [0.4, 0.5) is 0 Å². The van der Waals surface area contributed by atoms with Gasteiger partial charge in [-0.3, -0.25) is 9.59 Å². The van der Waals surface area contributed by atoms with Crippen molar-refractivity contribution in [1.82, 2.24) is 0 Å². The maximum Gasteiger partial charge on any atom is 0.223 e. The van der Waals surface area contributed by atoms with E-state index in [1.807, 2.05) is 30.3 Å². The lowest BCUT2D eigenvalue weighted by molar-refractivity contribution is -0.140. The number of nitrogens with two attached hydrogens (primary N) is 2. The fourth-order valence-electron chi connectivity index (χ4n) is 3.72. The molecule has 0 saturated heterocycles. The van der Waals surface area contributed by atoms with Crippen molar-refractivity contribution in [2.45, 2.75) is 56.7 Å². The fourth-order valence-corrected chi connectivity index (χ4v) is 3.72. The van der Waals surface area contributed by atoms with Crippen molar-refractivity contribution in [2.24, 2.45) is 23.3 Å². The molecule has 2 rings (SSSR count). The SMILES string of the molecule is NC(=O)C1CCC(O)([C@H](C[C@@H](O)CCc2ccccc2)C(N)=O)CC1. The number of hydrogen-bond acceptors (Lipinski definition) is 4. The molecule has 1 fully saturated rings. The summed E-state index contributed by atoms with van der Waals surface area (Å²) in [5, 5.41) is 21.2. The number of benzene rings is 1. The Morgan fingerprint density at radius 2 is 1.76 bits per heavy atom. The highest BCUT2D eigenvalue weighted by molar-refractivity contribution is 5.79. The summed E-state index contributed by atoms with van der Waals surface area (Å²) in [7, 11) is 0. The van der Waals surface area contributed by atoms with Crippen LogP contribution in [0, 0.1) is 11.8 Å². The molecule has 0 aromatic heterocycles. The second-order valence-electron chi connectivity index (χ2n) is 7.15. The molecule has 1 aromatic carbocycles. The van der Waals surface area contributed by atoms with E-state index in [0.717, 1.165) is 5.56 Å². The van der Waals surface area contributed by atoms with E-state index < -0.39 is 23.5 Å². The van der Waals surface area contributed by atoms with E-state index in [0.29, 0.717) is 38.5 Å². The zero-order chi connectivity index (χ0) is 18.4. The summed E-state index contributed by atoms with van der Waals surface area (Å²) in [6.07, 6.45) is 2.05. The Hall–Kier alpha value is -1.92. The molecule has 138 valence electrons. The lowest BCUT2D eigenvalue weighted by atomic mass is 9.70. The van der Waals surface area contributed by atoms with Crippen molar-refractivity contribution in [1.29, 1.82) is 0 Å². The molecule has 0 radical (unpaired) electrons. The van der Waals surface area contributed by atoms with E-state index in [1.54, 1.807) is 0 Å². The Morgan fingerprint density at radius 1 is 1.16 bits per heavy atom. The van der Waals surface area contributed by atoms with Gasteiger partial charge in [0.05, 0.1) is 17.6 Å². The van der Waals surface area contributed by atoms with Gasteiger partial charge in [-0.1, -0.05) is 30.3 Å². The van der Waals surface area contributed by atoms with E-state index >= 15 is 0 Å². The summed E-state index contributed by atoms with van der Waals surface area (Å²) in [5.41, 5.74) is 10.7. The molecule has 1 aliphatic carbocycles. The molecule has 2 atom stereocenters. The Morgan fingerprint density at radius 3 is 2.28 bits per heavy atom. The zero-order valence-electron chi connectivity index (χ0n) is 14.4. The minimum atomic E-state index is -1.27. The van der Waals surface area contributed by atoms with Gasteiger partial charge in [-0.15, -0.1) is 0 Å². The highest BCUT2D eigenvalue weighted by atomic mass is 16.3. The molecule has 25 heavy (non-hydrogen) atoms. The van der Waals surface area contributed by atoms with Gasteiger partial charge in [-0.05, 0) is 50.5 Å². The van der Waals surface area contributed by atoms with Crippen LogP contribution in [-0.2, 0) is 16.0 Å². The molecule has 2 amide bonds. The largest absolute Gasteiger partial charge is 0.393 e. The minimum Gasteiger partial charge on any atom is -0.393 e. The molecule has 0 bridgehead atoms. The van der Waals surface area contributed by atoms with Crippen LogP contribution in [0.25, 0.3) is 0 Å². The van der Waals surface area contributed by atoms with Crippen LogP contribution in [0.5, 0.6) is 0 Å². The molecule has 0 spiro atoms. The zero-order valence-corrected chi connectivity index (χ0v) is 14.4. The standard InChI is InChI=1S/C19H28N2O4/c20-17(23)14-8-10-19(25,11-9-14)16(18(21)24)12-15(22)7-6-13-4-2-1-3-5-13/h1-5,14-16,22,25H,6-12H2,(H2,20,23)(H2,21,24)/t14?,15-,16+,19?/m0/s1. The van der Waals surface area contributed by atoms with Crippen LogP contribution in [0.2, 0.25) is 0 Å². The van der Waals surface area contributed by atoms with Crippen LogP contribution in [0.1, 0.15) is 44.1 Å². The summed E-state index contributed by atoms with van der Waals surface area (Å²) < 4.78 is 0. The molecule has 1 aliphatic rings. The van der Waals surface area contributed by atoms with Crippen LogP contribution >= 0.6 is 0 Å². The number of aryl methyl sites for hydroxylation is 1. The second-order valence-corrected chi connectivity index (χ2v) is 7.15. The molecule has 6 nitrogen and oxygen atoms in total. The smallest absolute Gasteiger partial charge is 0.223 e. The van der Waals surface area contributed by atoms with Crippen molar-refractivity contribution in [3.05, 3.63) is 35.9 Å². The van der Waals surface area contributed by atoms with Gasteiger partial charge in [0.15, 0.2) is 0 Å². The summed E-state index contributed by atoms with van der Waals surface area (Å²) in [6.45, 7) is 0. The predicted molar refractivity (Wildman–Crippen MR) is 94.2 cm³/mol. The quantitative estimate of drug-likeness (QED) is 0.556. The maximum absolute atomic E-state index is 11.9. The molecular formula is C19H28N2O4. The van der Waals surface area contributed by atoms with Gasteiger partial charge in [0.1, 0.15) is 0 Å². The van der Waals surface area contributed by atoms with Crippen molar-refractivity contribution < 1.29 is 19.8 Å². The van der Waals surface area contributed by atoms with Gasteiger partial charge >= 0.3 is 0 Å². The predicted octanol–water partition coefficient (Wildman–Crippen LogP) is 0.878. The lowest BCUT2D eigenvalue weighted by Crippen LogP contribution is -2.49. The molecule has 0 heterocycles. The Balaban J connectivity index is 1.93. The van der Waals surface area contributed by atoms with Gasteiger partial charge < -0.3 is 21.7 Å². The summed E-state index contributed by atoms with van der Waals surface area (Å²) in [4.78, 5) is 23.2. The molecule has 0 aliphatic heterocycles. The average molecular weight is 348 g/mol. The summed E-state index contributed by atoms with van der Waals surface area (Å²) in [5.74, 6) is -2.08. The van der Waals surface area contributed by atoms with Crippen LogP contribution in [0.3, 0.4) is 0 Å². The van der Waals surface area contributed by atoms with E-state index in [1.165, 1.54) is 0 Å². The fraction of sp³-hybridized carbons (Fsp3) is 0.579. The van der Waals surface area contributed by atoms with E-state index in [2.05, 4.69) is 0 Å². The van der Waals surface area contributed by atoms with Crippen LogP contribution in [-0.4, -0.2) is 33.7 Å². The second kappa shape index (κ2) is 8.45. The number of aliphatic hydroxyl groups is 2. The first-order valence-corrected chi connectivity index (χ1v) is 8.85. The highest BCUT2D eigenvalue weighted by Crippen LogP contribution is 2.39. The van der Waals surface area contributed by atoms with Crippen LogP contribution < -0.4 is 11.5 Å². The van der Waals surface area contributed by atoms with Crippen molar-refractivity contribution >= 4 is 11.8 Å². The molecular weight excluding hydrogens is 320 g/mol. The number of aliphatic hydroxyl groups excluding tert-OH is 1. The lowest BCUT2D eigenvalue weighted by Gasteiger charge is -2.40. The van der Waals surface area contributed by atoms with E-state index in [-0.39, 0.29) is 18.2 Å². The normalized spacial score (nSPS) is 25.9. The Bertz CT molecular complexity index is 582. The summed E-state index contributed by atoms with van der Waals surface area (Å²) in [6, 6.07) is 9.77. The van der Waals surface area contributed by atoms with Crippen molar-refractivity contribution in [3.8, 4) is 0 Å². The maximum atomic E-state index is 11.9. The molecule has 1 aromatic rings. The number of hydrogen-bond donors (Lipinski definition) is 4.